The van der Waals surface area contributed by atoms with Crippen LogP contribution in [0.4, 0.5) is 0 Å². The Morgan fingerprint density at radius 3 is 3.12 bits per heavy atom. The van der Waals surface area contributed by atoms with Gasteiger partial charge in [-0.15, -0.1) is 0 Å². The molecule has 0 aliphatic carbocycles. The van der Waals surface area contributed by atoms with Gasteiger partial charge in [0.2, 0.25) is 5.89 Å². The number of ether oxygens (including phenoxy) is 1. The van der Waals surface area contributed by atoms with Crippen molar-refractivity contribution in [1.82, 2.24) is 4.98 Å². The normalized spacial score (nSPS) is 19.0. The van der Waals surface area contributed by atoms with Crippen molar-refractivity contribution < 1.29 is 9.15 Å². The van der Waals surface area contributed by atoms with E-state index in [9.17, 15) is 0 Å². The van der Waals surface area contributed by atoms with Crippen LogP contribution in [-0.2, 0) is 11.2 Å². The van der Waals surface area contributed by atoms with Crippen molar-refractivity contribution in [3.63, 3.8) is 0 Å². The molecule has 0 unspecified atom stereocenters. The first-order chi connectivity index (χ1) is 8.40. The van der Waals surface area contributed by atoms with Gasteiger partial charge < -0.3 is 14.9 Å². The number of hydrogen-bond acceptors (Lipinski definition) is 4. The SMILES string of the molecule is NC[C@@H]1OCCc2c(-c3ncco3)cccc21. The van der Waals surface area contributed by atoms with Crippen LogP contribution >= 0.6 is 0 Å². The summed E-state index contributed by atoms with van der Waals surface area (Å²) in [5.41, 5.74) is 9.18. The Kier molecular flexibility index (Phi) is 2.66. The van der Waals surface area contributed by atoms with Crippen LogP contribution in [0.15, 0.2) is 35.1 Å². The number of nitrogens with two attached hydrogens (primary N) is 1. The number of nitrogens with zero attached hydrogens (tertiary/aromatic N) is 1. The molecule has 4 heteroatoms. The maximum Gasteiger partial charge on any atom is 0.226 e. The lowest BCUT2D eigenvalue weighted by Gasteiger charge is -2.26. The summed E-state index contributed by atoms with van der Waals surface area (Å²) in [5, 5.41) is 0. The highest BCUT2D eigenvalue weighted by atomic mass is 16.5. The third-order valence-corrected chi connectivity index (χ3v) is 3.11. The second kappa shape index (κ2) is 4.31. The minimum absolute atomic E-state index is 0.00587. The van der Waals surface area contributed by atoms with Gasteiger partial charge in [-0.05, 0) is 23.6 Å². The van der Waals surface area contributed by atoms with E-state index in [0.29, 0.717) is 19.0 Å². The van der Waals surface area contributed by atoms with E-state index in [4.69, 9.17) is 14.9 Å². The van der Waals surface area contributed by atoms with Crippen molar-refractivity contribution in [2.75, 3.05) is 13.2 Å². The van der Waals surface area contributed by atoms with Crippen molar-refractivity contribution in [3.05, 3.63) is 41.8 Å². The van der Waals surface area contributed by atoms with Crippen molar-refractivity contribution in [1.29, 1.82) is 0 Å². The molecular weight excluding hydrogens is 216 g/mol. The van der Waals surface area contributed by atoms with E-state index in [-0.39, 0.29) is 6.10 Å². The first-order valence-electron chi connectivity index (χ1n) is 5.73. The van der Waals surface area contributed by atoms with Gasteiger partial charge >= 0.3 is 0 Å². The summed E-state index contributed by atoms with van der Waals surface area (Å²) in [6.45, 7) is 1.20. The Hall–Kier alpha value is -1.65. The summed E-state index contributed by atoms with van der Waals surface area (Å²) in [5.74, 6) is 0.666. The molecule has 2 aromatic rings. The summed E-state index contributed by atoms with van der Waals surface area (Å²) in [4.78, 5) is 4.21. The van der Waals surface area contributed by atoms with Gasteiger partial charge in [0.25, 0.3) is 0 Å². The summed E-state index contributed by atoms with van der Waals surface area (Å²) in [6.07, 6.45) is 4.13. The largest absolute Gasteiger partial charge is 0.445 e. The molecule has 1 aromatic carbocycles. The van der Waals surface area contributed by atoms with E-state index in [1.807, 2.05) is 12.1 Å². The van der Waals surface area contributed by atoms with Gasteiger partial charge in [-0.2, -0.15) is 0 Å². The van der Waals surface area contributed by atoms with Gasteiger partial charge in [0.1, 0.15) is 6.26 Å². The lowest BCUT2D eigenvalue weighted by molar-refractivity contribution is 0.0486. The molecule has 4 nitrogen and oxygen atoms in total. The fourth-order valence-electron chi connectivity index (χ4n) is 2.33. The maximum atomic E-state index is 5.72. The highest BCUT2D eigenvalue weighted by molar-refractivity contribution is 5.61. The number of benzene rings is 1. The minimum Gasteiger partial charge on any atom is -0.445 e. The van der Waals surface area contributed by atoms with Crippen LogP contribution in [0.2, 0.25) is 0 Å². The van der Waals surface area contributed by atoms with E-state index in [1.54, 1.807) is 12.5 Å². The molecule has 0 amide bonds. The molecule has 0 bridgehead atoms. The molecule has 0 radical (unpaired) electrons. The van der Waals surface area contributed by atoms with Crippen LogP contribution in [0.3, 0.4) is 0 Å². The highest BCUT2D eigenvalue weighted by Crippen LogP contribution is 2.33. The average molecular weight is 230 g/mol. The molecule has 2 N–H and O–H groups in total. The van der Waals surface area contributed by atoms with Crippen LogP contribution < -0.4 is 5.73 Å². The molecule has 17 heavy (non-hydrogen) atoms. The summed E-state index contributed by atoms with van der Waals surface area (Å²) >= 11 is 0. The second-order valence-corrected chi connectivity index (χ2v) is 4.06. The second-order valence-electron chi connectivity index (χ2n) is 4.06. The molecule has 3 rings (SSSR count). The summed E-state index contributed by atoms with van der Waals surface area (Å²) in [7, 11) is 0. The third-order valence-electron chi connectivity index (χ3n) is 3.11. The van der Waals surface area contributed by atoms with Gasteiger partial charge in [-0.25, -0.2) is 4.98 Å². The number of fused-ring (bicyclic) bond motifs is 1. The fourth-order valence-corrected chi connectivity index (χ4v) is 2.33. The smallest absolute Gasteiger partial charge is 0.226 e. The number of aromatic nitrogens is 1. The van der Waals surface area contributed by atoms with Crippen LogP contribution in [-0.4, -0.2) is 18.1 Å². The predicted octanol–water partition coefficient (Wildman–Crippen LogP) is 1.91. The highest BCUT2D eigenvalue weighted by Gasteiger charge is 2.23. The van der Waals surface area contributed by atoms with Crippen molar-refractivity contribution in [3.8, 4) is 11.5 Å². The maximum absolute atomic E-state index is 5.72. The molecular formula is C13H14N2O2. The van der Waals surface area contributed by atoms with E-state index in [1.165, 1.54) is 5.56 Å². The van der Waals surface area contributed by atoms with E-state index in [2.05, 4.69) is 11.1 Å². The predicted molar refractivity (Wildman–Crippen MR) is 63.4 cm³/mol. The zero-order valence-corrected chi connectivity index (χ0v) is 9.43. The molecule has 0 saturated heterocycles. The Labute approximate surface area is 99.4 Å². The van der Waals surface area contributed by atoms with Gasteiger partial charge in [0.15, 0.2) is 0 Å². The minimum atomic E-state index is -0.00587. The molecule has 0 saturated carbocycles. The Balaban J connectivity index is 2.12. The van der Waals surface area contributed by atoms with Crippen LogP contribution in [0, 0.1) is 0 Å². The monoisotopic (exact) mass is 230 g/mol. The molecule has 1 aliphatic heterocycles. The summed E-state index contributed by atoms with van der Waals surface area (Å²) in [6, 6.07) is 6.09. The molecule has 1 aromatic heterocycles. The standard InChI is InChI=1S/C13H14N2O2/c14-8-12-10-2-1-3-11(9(10)4-6-16-12)13-15-5-7-17-13/h1-3,5,7,12H,4,6,8,14H2/t12-/m0/s1. The zero-order chi connectivity index (χ0) is 11.7. The van der Waals surface area contributed by atoms with Gasteiger partial charge in [-0.3, -0.25) is 0 Å². The molecule has 1 aliphatic rings. The van der Waals surface area contributed by atoms with Gasteiger partial charge in [0.05, 0.1) is 18.9 Å². The van der Waals surface area contributed by atoms with E-state index >= 15 is 0 Å². The molecule has 2 heterocycles. The van der Waals surface area contributed by atoms with Gasteiger partial charge in [0, 0.05) is 12.1 Å². The Morgan fingerprint density at radius 1 is 1.41 bits per heavy atom. The molecule has 88 valence electrons. The molecule has 1 atom stereocenters. The van der Waals surface area contributed by atoms with E-state index < -0.39 is 0 Å². The zero-order valence-electron chi connectivity index (χ0n) is 9.43. The number of oxazole rings is 1. The summed E-state index contributed by atoms with van der Waals surface area (Å²) < 4.78 is 11.0. The first-order valence-corrected chi connectivity index (χ1v) is 5.73. The topological polar surface area (TPSA) is 61.3 Å². The van der Waals surface area contributed by atoms with Crippen LogP contribution in [0.5, 0.6) is 0 Å². The fraction of sp³-hybridized carbons (Fsp3) is 0.308. The van der Waals surface area contributed by atoms with Crippen LogP contribution in [0.25, 0.3) is 11.5 Å². The van der Waals surface area contributed by atoms with Crippen molar-refractivity contribution >= 4 is 0 Å². The molecule has 0 spiro atoms. The van der Waals surface area contributed by atoms with Gasteiger partial charge in [-0.1, -0.05) is 12.1 Å². The lowest BCUT2D eigenvalue weighted by atomic mass is 9.93. The van der Waals surface area contributed by atoms with Crippen LogP contribution in [0.1, 0.15) is 17.2 Å². The first kappa shape index (κ1) is 10.5. The average Bonchev–Trinajstić information content (AvgIpc) is 2.91. The number of rotatable bonds is 2. The van der Waals surface area contributed by atoms with E-state index in [0.717, 1.165) is 17.5 Å². The lowest BCUT2D eigenvalue weighted by Crippen LogP contribution is -2.23. The number of hydrogen-bond donors (Lipinski definition) is 1. The van der Waals surface area contributed by atoms with Crippen molar-refractivity contribution in [2.45, 2.75) is 12.5 Å². The third kappa shape index (κ3) is 1.75. The Morgan fingerprint density at radius 2 is 2.35 bits per heavy atom. The Bertz CT molecular complexity index is 508. The van der Waals surface area contributed by atoms with Crippen molar-refractivity contribution in [2.24, 2.45) is 5.73 Å². The molecule has 0 fully saturated rings. The quantitative estimate of drug-likeness (QED) is 0.856.